The fourth-order valence-electron chi connectivity index (χ4n) is 2.52. The SMILES string of the molecule is COc1nc(NS(=O)(=O)c2c[nH]c3cc(Cl)ccc23)ncc1CCC(F)F. The number of anilines is 1. The number of ether oxygens (including phenoxy) is 1. The Morgan fingerprint density at radius 1 is 1.37 bits per heavy atom. The molecular formula is C16H15ClF2N4O3S. The van der Waals surface area contributed by atoms with E-state index in [4.69, 9.17) is 16.3 Å². The number of methoxy groups -OCH3 is 1. The lowest BCUT2D eigenvalue weighted by Crippen LogP contribution is -2.15. The van der Waals surface area contributed by atoms with Crippen LogP contribution in [0.25, 0.3) is 10.9 Å². The zero-order valence-electron chi connectivity index (χ0n) is 14.0. The van der Waals surface area contributed by atoms with Gasteiger partial charge < -0.3 is 9.72 Å². The van der Waals surface area contributed by atoms with Gasteiger partial charge in [0.2, 0.25) is 18.3 Å². The zero-order valence-corrected chi connectivity index (χ0v) is 15.6. The minimum absolute atomic E-state index is 0.00138. The molecule has 7 nitrogen and oxygen atoms in total. The predicted molar refractivity (Wildman–Crippen MR) is 97.0 cm³/mol. The van der Waals surface area contributed by atoms with Gasteiger partial charge in [0, 0.05) is 40.3 Å². The van der Waals surface area contributed by atoms with E-state index in [1.807, 2.05) is 0 Å². The van der Waals surface area contributed by atoms with Crippen LogP contribution in [0.5, 0.6) is 5.88 Å². The Labute approximate surface area is 158 Å². The van der Waals surface area contributed by atoms with Crippen LogP contribution in [0.15, 0.2) is 35.5 Å². The van der Waals surface area contributed by atoms with Crippen LogP contribution in [0, 0.1) is 0 Å². The van der Waals surface area contributed by atoms with Crippen molar-refractivity contribution in [3.05, 3.63) is 41.2 Å². The van der Waals surface area contributed by atoms with Crippen molar-refractivity contribution >= 4 is 38.5 Å². The summed E-state index contributed by atoms with van der Waals surface area (Å²) in [5, 5.41) is 0.918. The van der Waals surface area contributed by atoms with Gasteiger partial charge in [-0.2, -0.15) is 4.98 Å². The number of sulfonamides is 1. The van der Waals surface area contributed by atoms with Crippen LogP contribution in [0.3, 0.4) is 0 Å². The van der Waals surface area contributed by atoms with E-state index in [9.17, 15) is 17.2 Å². The summed E-state index contributed by atoms with van der Waals surface area (Å²) in [6.07, 6.45) is -0.235. The molecule has 0 aliphatic carbocycles. The van der Waals surface area contributed by atoms with E-state index in [1.54, 1.807) is 18.2 Å². The number of hydrogen-bond acceptors (Lipinski definition) is 5. The Hall–Kier alpha value is -2.46. The Balaban J connectivity index is 1.88. The number of rotatable bonds is 7. The van der Waals surface area contributed by atoms with Gasteiger partial charge in [0.05, 0.1) is 7.11 Å². The van der Waals surface area contributed by atoms with E-state index in [2.05, 4.69) is 19.7 Å². The maximum Gasteiger partial charge on any atom is 0.266 e. The monoisotopic (exact) mass is 416 g/mol. The maximum absolute atomic E-state index is 12.7. The lowest BCUT2D eigenvalue weighted by atomic mass is 10.2. The van der Waals surface area contributed by atoms with Crippen molar-refractivity contribution < 1.29 is 21.9 Å². The molecule has 27 heavy (non-hydrogen) atoms. The second-order valence-electron chi connectivity index (χ2n) is 5.61. The third-order valence-corrected chi connectivity index (χ3v) is 5.37. The van der Waals surface area contributed by atoms with E-state index in [-0.39, 0.29) is 29.6 Å². The second kappa shape index (κ2) is 7.65. The van der Waals surface area contributed by atoms with E-state index in [1.165, 1.54) is 19.5 Å². The Morgan fingerprint density at radius 2 is 2.15 bits per heavy atom. The molecule has 0 unspecified atom stereocenters. The molecule has 2 aromatic heterocycles. The Bertz CT molecular complexity index is 1070. The molecule has 3 aromatic rings. The molecule has 11 heteroatoms. The van der Waals surface area contributed by atoms with E-state index >= 15 is 0 Å². The predicted octanol–water partition coefficient (Wildman–Crippen LogP) is 3.62. The highest BCUT2D eigenvalue weighted by atomic mass is 35.5. The molecule has 2 N–H and O–H groups in total. The number of halogens is 3. The van der Waals surface area contributed by atoms with Gasteiger partial charge in [-0.05, 0) is 24.6 Å². The highest BCUT2D eigenvalue weighted by molar-refractivity contribution is 7.93. The van der Waals surface area contributed by atoms with Crippen molar-refractivity contribution in [1.82, 2.24) is 15.0 Å². The number of nitrogens with one attached hydrogen (secondary N) is 2. The number of aromatic amines is 1. The first-order valence-electron chi connectivity index (χ1n) is 7.77. The van der Waals surface area contributed by atoms with Crippen LogP contribution < -0.4 is 9.46 Å². The smallest absolute Gasteiger partial charge is 0.266 e. The van der Waals surface area contributed by atoms with Crippen LogP contribution in [0.1, 0.15) is 12.0 Å². The van der Waals surface area contributed by atoms with Crippen molar-refractivity contribution in [1.29, 1.82) is 0 Å². The van der Waals surface area contributed by atoms with Gasteiger partial charge in [0.25, 0.3) is 10.0 Å². The first kappa shape index (κ1) is 19.3. The molecule has 1 aromatic carbocycles. The zero-order chi connectivity index (χ0) is 19.6. The van der Waals surface area contributed by atoms with Crippen molar-refractivity contribution in [2.24, 2.45) is 0 Å². The fourth-order valence-corrected chi connectivity index (χ4v) is 3.82. The summed E-state index contributed by atoms with van der Waals surface area (Å²) in [5.41, 5.74) is 0.922. The summed E-state index contributed by atoms with van der Waals surface area (Å²) in [5.74, 6) is -0.190. The van der Waals surface area contributed by atoms with Crippen LogP contribution in [0.4, 0.5) is 14.7 Å². The second-order valence-corrected chi connectivity index (χ2v) is 7.69. The normalized spacial score (nSPS) is 11.9. The molecule has 0 radical (unpaired) electrons. The maximum atomic E-state index is 12.7. The van der Waals surface area contributed by atoms with Gasteiger partial charge in [0.15, 0.2) is 0 Å². The summed E-state index contributed by atoms with van der Waals surface area (Å²) in [4.78, 5) is 10.7. The molecule has 0 aliphatic heterocycles. The molecule has 2 heterocycles. The van der Waals surface area contributed by atoms with Crippen LogP contribution in [-0.2, 0) is 16.4 Å². The number of H-pyrrole nitrogens is 1. The lowest BCUT2D eigenvalue weighted by Gasteiger charge is -2.10. The molecule has 0 saturated heterocycles. The van der Waals surface area contributed by atoms with Gasteiger partial charge in [-0.3, -0.25) is 0 Å². The van der Waals surface area contributed by atoms with E-state index in [0.29, 0.717) is 21.5 Å². The van der Waals surface area contributed by atoms with E-state index < -0.39 is 16.4 Å². The molecule has 144 valence electrons. The molecule has 3 rings (SSSR count). The van der Waals surface area contributed by atoms with Crippen LogP contribution in [0.2, 0.25) is 5.02 Å². The largest absolute Gasteiger partial charge is 0.481 e. The molecule has 0 aliphatic rings. The molecule has 0 spiro atoms. The lowest BCUT2D eigenvalue weighted by molar-refractivity contribution is 0.137. The molecule has 0 amide bonds. The molecule has 0 atom stereocenters. The van der Waals surface area contributed by atoms with Crippen molar-refractivity contribution in [2.45, 2.75) is 24.2 Å². The average Bonchev–Trinajstić information content (AvgIpc) is 3.04. The number of fused-ring (bicyclic) bond motifs is 1. The quantitative estimate of drug-likeness (QED) is 0.613. The van der Waals surface area contributed by atoms with Crippen molar-refractivity contribution in [3.63, 3.8) is 0 Å². The van der Waals surface area contributed by atoms with Gasteiger partial charge in [-0.1, -0.05) is 11.6 Å². The summed E-state index contributed by atoms with van der Waals surface area (Å²) in [6.45, 7) is 0. The molecule has 0 fully saturated rings. The third kappa shape index (κ3) is 4.28. The van der Waals surface area contributed by atoms with E-state index in [0.717, 1.165) is 0 Å². The molecular weight excluding hydrogens is 402 g/mol. The number of aryl methyl sites for hydroxylation is 1. The number of nitrogens with zero attached hydrogens (tertiary/aromatic N) is 2. The Morgan fingerprint density at radius 3 is 2.85 bits per heavy atom. The summed E-state index contributed by atoms with van der Waals surface area (Å²) in [7, 11) is -2.68. The minimum Gasteiger partial charge on any atom is -0.481 e. The first-order valence-corrected chi connectivity index (χ1v) is 9.64. The number of hydrogen-bond donors (Lipinski definition) is 2. The number of aromatic nitrogens is 3. The number of alkyl halides is 2. The molecule has 0 saturated carbocycles. The Kier molecular flexibility index (Phi) is 5.47. The average molecular weight is 417 g/mol. The van der Waals surface area contributed by atoms with Crippen molar-refractivity contribution in [3.8, 4) is 5.88 Å². The van der Waals surface area contributed by atoms with Crippen LogP contribution >= 0.6 is 11.6 Å². The van der Waals surface area contributed by atoms with Gasteiger partial charge >= 0.3 is 0 Å². The topological polar surface area (TPSA) is 97.0 Å². The first-order chi connectivity index (χ1) is 12.8. The summed E-state index contributed by atoms with van der Waals surface area (Å²) < 4.78 is 57.4. The summed E-state index contributed by atoms with van der Waals surface area (Å²) in [6, 6.07) is 4.76. The fraction of sp³-hybridized carbons (Fsp3) is 0.250. The molecule has 0 bridgehead atoms. The van der Waals surface area contributed by atoms with Crippen molar-refractivity contribution in [2.75, 3.05) is 11.8 Å². The summed E-state index contributed by atoms with van der Waals surface area (Å²) >= 11 is 5.90. The highest BCUT2D eigenvalue weighted by Gasteiger charge is 2.21. The highest BCUT2D eigenvalue weighted by Crippen LogP contribution is 2.27. The van der Waals surface area contributed by atoms with Gasteiger partial charge in [-0.25, -0.2) is 26.9 Å². The number of benzene rings is 1. The van der Waals surface area contributed by atoms with Crippen LogP contribution in [-0.4, -0.2) is 36.9 Å². The van der Waals surface area contributed by atoms with Gasteiger partial charge in [-0.15, -0.1) is 0 Å². The van der Waals surface area contributed by atoms with Gasteiger partial charge in [0.1, 0.15) is 4.90 Å². The third-order valence-electron chi connectivity index (χ3n) is 3.77. The standard InChI is InChI=1S/C16H15ClF2N4O3S/c1-26-15-9(2-5-14(18)19)7-21-16(22-15)23-27(24,25)13-8-20-12-6-10(17)3-4-11(12)13/h3-4,6-8,14,20H,2,5H2,1H3,(H,21,22,23). The minimum atomic E-state index is -4.00.